The molecule has 1 fully saturated rings. The number of halogens is 3. The molecule has 1 aromatic heterocycles. The zero-order valence-electron chi connectivity index (χ0n) is 14.4. The second kappa shape index (κ2) is 7.47. The second-order valence-corrected chi connectivity index (χ2v) is 6.47. The summed E-state index contributed by atoms with van der Waals surface area (Å²) in [5, 5.41) is 3.37. The highest BCUT2D eigenvalue weighted by molar-refractivity contribution is 5.76. The number of rotatable bonds is 7. The molecule has 140 valence electrons. The number of hydrogen-bond acceptors (Lipinski definition) is 4. The van der Waals surface area contributed by atoms with Gasteiger partial charge in [-0.25, -0.2) is 0 Å². The fraction of sp³-hybridized carbons (Fsp3) is 0.500. The van der Waals surface area contributed by atoms with E-state index in [1.54, 1.807) is 24.3 Å². The van der Waals surface area contributed by atoms with Crippen LogP contribution in [0.4, 0.5) is 13.2 Å². The summed E-state index contributed by atoms with van der Waals surface area (Å²) in [4.78, 5) is 17.6. The maximum absolute atomic E-state index is 12.5. The molecule has 26 heavy (non-hydrogen) atoms. The van der Waals surface area contributed by atoms with Gasteiger partial charge in [-0.2, -0.15) is 18.2 Å². The Morgan fingerprint density at radius 1 is 1.27 bits per heavy atom. The monoisotopic (exact) mass is 367 g/mol. The van der Waals surface area contributed by atoms with Gasteiger partial charge in [0.25, 0.3) is 0 Å². The highest BCUT2D eigenvalue weighted by Crippen LogP contribution is 2.31. The van der Waals surface area contributed by atoms with Gasteiger partial charge in [0.1, 0.15) is 0 Å². The third-order valence-electron chi connectivity index (χ3n) is 4.29. The van der Waals surface area contributed by atoms with Crippen LogP contribution >= 0.6 is 0 Å². The smallest absolute Gasteiger partial charge is 0.335 e. The normalized spacial score (nSPS) is 14.5. The summed E-state index contributed by atoms with van der Waals surface area (Å²) in [5.74, 6) is -1.31. The molecular formula is C18H20F3N3O2. The number of alkyl halides is 3. The van der Waals surface area contributed by atoms with Crippen LogP contribution in [0.25, 0.3) is 11.4 Å². The van der Waals surface area contributed by atoms with Gasteiger partial charge in [-0.3, -0.25) is 4.79 Å². The van der Waals surface area contributed by atoms with Crippen molar-refractivity contribution in [1.29, 1.82) is 0 Å². The number of nitrogens with zero attached hydrogens (tertiary/aromatic N) is 3. The Balaban J connectivity index is 1.68. The predicted molar refractivity (Wildman–Crippen MR) is 87.8 cm³/mol. The molecule has 1 amide bonds. The average Bonchev–Trinajstić information content (AvgIpc) is 3.31. The predicted octanol–water partition coefficient (Wildman–Crippen LogP) is 4.44. The zero-order valence-corrected chi connectivity index (χ0v) is 14.4. The largest absolute Gasteiger partial charge is 0.471 e. The third kappa shape index (κ3) is 4.42. The molecule has 1 saturated carbocycles. The Labute approximate surface area is 149 Å². The molecule has 3 rings (SSSR count). The summed E-state index contributed by atoms with van der Waals surface area (Å²) in [6.45, 7) is 2.56. The summed E-state index contributed by atoms with van der Waals surface area (Å²) in [7, 11) is 0. The first-order valence-corrected chi connectivity index (χ1v) is 8.68. The molecule has 1 aliphatic rings. The lowest BCUT2D eigenvalue weighted by Gasteiger charge is -2.22. The maximum atomic E-state index is 12.5. The summed E-state index contributed by atoms with van der Waals surface area (Å²) < 4.78 is 41.9. The number of unbranched alkanes of at least 4 members (excludes halogenated alkanes) is 1. The average molecular weight is 367 g/mol. The standard InChI is InChI=1S/C18H20F3N3O2/c1-2-3-4-15(25)24(14-9-10-14)11-12-5-7-13(8-6-12)16-22-17(26-23-16)18(19,20)21/h5-8,14H,2-4,9-11H2,1H3. The molecule has 5 nitrogen and oxygen atoms in total. The number of carbonyl (C=O) groups is 1. The molecule has 2 aromatic rings. The van der Waals surface area contributed by atoms with Crippen molar-refractivity contribution >= 4 is 5.91 Å². The molecule has 1 aliphatic carbocycles. The lowest BCUT2D eigenvalue weighted by molar-refractivity contribution is -0.159. The summed E-state index contributed by atoms with van der Waals surface area (Å²) >= 11 is 0. The van der Waals surface area contributed by atoms with E-state index in [2.05, 4.69) is 21.6 Å². The quantitative estimate of drug-likeness (QED) is 0.726. The van der Waals surface area contributed by atoms with Crippen molar-refractivity contribution in [2.24, 2.45) is 0 Å². The van der Waals surface area contributed by atoms with Crippen LogP contribution in [0, 0.1) is 0 Å². The van der Waals surface area contributed by atoms with Gasteiger partial charge in [0.2, 0.25) is 11.7 Å². The van der Waals surface area contributed by atoms with Gasteiger partial charge in [-0.1, -0.05) is 42.8 Å². The van der Waals surface area contributed by atoms with Crippen molar-refractivity contribution in [2.75, 3.05) is 0 Å². The molecular weight excluding hydrogens is 347 g/mol. The molecule has 0 N–H and O–H groups in total. The molecule has 0 aliphatic heterocycles. The zero-order chi connectivity index (χ0) is 18.7. The molecule has 0 saturated heterocycles. The van der Waals surface area contributed by atoms with Crippen LogP contribution in [0.3, 0.4) is 0 Å². The number of benzene rings is 1. The van der Waals surface area contributed by atoms with E-state index in [9.17, 15) is 18.0 Å². The first-order valence-electron chi connectivity index (χ1n) is 8.68. The number of amides is 1. The van der Waals surface area contributed by atoms with Gasteiger partial charge < -0.3 is 9.42 Å². The number of aromatic nitrogens is 2. The van der Waals surface area contributed by atoms with E-state index >= 15 is 0 Å². The van der Waals surface area contributed by atoms with E-state index in [4.69, 9.17) is 0 Å². The first-order chi connectivity index (χ1) is 12.4. The highest BCUT2D eigenvalue weighted by Gasteiger charge is 2.38. The number of carbonyl (C=O) groups excluding carboxylic acids is 1. The van der Waals surface area contributed by atoms with Crippen LogP contribution in [0.15, 0.2) is 28.8 Å². The Morgan fingerprint density at radius 3 is 2.50 bits per heavy atom. The Hall–Kier alpha value is -2.38. The third-order valence-corrected chi connectivity index (χ3v) is 4.29. The summed E-state index contributed by atoms with van der Waals surface area (Å²) in [6, 6.07) is 7.15. The van der Waals surface area contributed by atoms with Crippen molar-refractivity contribution < 1.29 is 22.5 Å². The van der Waals surface area contributed by atoms with Crippen LogP contribution in [0.5, 0.6) is 0 Å². The van der Waals surface area contributed by atoms with E-state index < -0.39 is 12.1 Å². The first kappa shape index (κ1) is 18.4. The molecule has 0 radical (unpaired) electrons. The van der Waals surface area contributed by atoms with Crippen LogP contribution < -0.4 is 0 Å². The van der Waals surface area contributed by atoms with Gasteiger partial charge in [-0.05, 0) is 24.8 Å². The minimum atomic E-state index is -4.66. The summed E-state index contributed by atoms with van der Waals surface area (Å²) in [6.07, 6.45) is -0.203. The maximum Gasteiger partial charge on any atom is 0.471 e. The molecule has 1 aromatic carbocycles. The molecule has 0 spiro atoms. The molecule has 0 atom stereocenters. The molecule has 8 heteroatoms. The van der Waals surface area contributed by atoms with Gasteiger partial charge in [-0.15, -0.1) is 0 Å². The van der Waals surface area contributed by atoms with Gasteiger partial charge in [0.05, 0.1) is 0 Å². The van der Waals surface area contributed by atoms with Crippen molar-refractivity contribution in [3.05, 3.63) is 35.7 Å². The van der Waals surface area contributed by atoms with Crippen molar-refractivity contribution in [1.82, 2.24) is 15.0 Å². The van der Waals surface area contributed by atoms with E-state index in [0.717, 1.165) is 31.2 Å². The van der Waals surface area contributed by atoms with Crippen LogP contribution in [0.1, 0.15) is 50.5 Å². The highest BCUT2D eigenvalue weighted by atomic mass is 19.4. The lowest BCUT2D eigenvalue weighted by atomic mass is 10.1. The molecule has 0 bridgehead atoms. The SMILES string of the molecule is CCCCC(=O)N(Cc1ccc(-c2noc(C(F)(F)F)n2)cc1)C1CC1. The van der Waals surface area contributed by atoms with E-state index in [1.807, 2.05) is 4.90 Å². The topological polar surface area (TPSA) is 59.2 Å². The summed E-state index contributed by atoms with van der Waals surface area (Å²) in [5.41, 5.74) is 1.35. The van der Waals surface area contributed by atoms with Gasteiger partial charge in [0.15, 0.2) is 0 Å². The Kier molecular flexibility index (Phi) is 5.29. The number of hydrogen-bond donors (Lipinski definition) is 0. The fourth-order valence-electron chi connectivity index (χ4n) is 2.69. The minimum absolute atomic E-state index is 0.109. The van der Waals surface area contributed by atoms with Crippen molar-refractivity contribution in [3.63, 3.8) is 0 Å². The Morgan fingerprint density at radius 2 is 1.96 bits per heavy atom. The fourth-order valence-corrected chi connectivity index (χ4v) is 2.69. The minimum Gasteiger partial charge on any atom is -0.335 e. The van der Waals surface area contributed by atoms with Crippen molar-refractivity contribution in [2.45, 2.75) is 57.8 Å². The van der Waals surface area contributed by atoms with Crippen LogP contribution in [-0.2, 0) is 17.5 Å². The van der Waals surface area contributed by atoms with Crippen molar-refractivity contribution in [3.8, 4) is 11.4 Å². The van der Waals surface area contributed by atoms with E-state index in [1.165, 1.54) is 0 Å². The second-order valence-electron chi connectivity index (χ2n) is 6.47. The van der Waals surface area contributed by atoms with Crippen LogP contribution in [-0.4, -0.2) is 27.0 Å². The van der Waals surface area contributed by atoms with Gasteiger partial charge in [0, 0.05) is 24.6 Å². The van der Waals surface area contributed by atoms with E-state index in [0.29, 0.717) is 24.6 Å². The Bertz CT molecular complexity index is 752. The van der Waals surface area contributed by atoms with Gasteiger partial charge >= 0.3 is 12.1 Å². The lowest BCUT2D eigenvalue weighted by Crippen LogP contribution is -2.32. The van der Waals surface area contributed by atoms with E-state index in [-0.39, 0.29) is 11.7 Å². The molecule has 0 unspecified atom stereocenters. The molecule has 1 heterocycles. The van der Waals surface area contributed by atoms with Crippen LogP contribution in [0.2, 0.25) is 0 Å².